The molecule has 2 rings (SSSR count). The molecule has 0 aliphatic heterocycles. The Kier molecular flexibility index (Phi) is 3.92. The molecule has 0 saturated carbocycles. The molecule has 0 fully saturated rings. The molecule has 2 aromatic carbocycles. The molecule has 0 aromatic heterocycles. The Balaban J connectivity index is 2.14. The zero-order valence-corrected chi connectivity index (χ0v) is 10.5. The standard InChI is InChI=1S/C16H12O4/c1-2-12-8-15(18)13(9-14(12)17)16(19)20-10-11-6-4-3-5-7-11/h1,3-9,17-18H,10H2. The zero-order chi connectivity index (χ0) is 14.5. The fourth-order valence-corrected chi connectivity index (χ4v) is 1.66. The van der Waals surface area contributed by atoms with Crippen molar-refractivity contribution >= 4 is 5.97 Å². The third-order valence-electron chi connectivity index (χ3n) is 2.70. The first-order valence-electron chi connectivity index (χ1n) is 5.85. The fraction of sp³-hybridized carbons (Fsp3) is 0.0625. The summed E-state index contributed by atoms with van der Waals surface area (Å²) in [5.41, 5.74) is 0.810. The lowest BCUT2D eigenvalue weighted by Gasteiger charge is -2.08. The number of hydrogen-bond acceptors (Lipinski definition) is 4. The number of ether oxygens (including phenoxy) is 1. The molecule has 0 bridgehead atoms. The van der Waals surface area contributed by atoms with Crippen LogP contribution in [0.1, 0.15) is 21.5 Å². The lowest BCUT2D eigenvalue weighted by molar-refractivity contribution is 0.0469. The fourth-order valence-electron chi connectivity index (χ4n) is 1.66. The van der Waals surface area contributed by atoms with Crippen LogP contribution in [0, 0.1) is 12.3 Å². The van der Waals surface area contributed by atoms with Crippen molar-refractivity contribution in [2.24, 2.45) is 0 Å². The third kappa shape index (κ3) is 2.90. The number of rotatable bonds is 3. The van der Waals surface area contributed by atoms with Gasteiger partial charge < -0.3 is 14.9 Å². The summed E-state index contributed by atoms with van der Waals surface area (Å²) in [6, 6.07) is 11.4. The van der Waals surface area contributed by atoms with E-state index in [1.165, 1.54) is 0 Å². The van der Waals surface area contributed by atoms with E-state index in [4.69, 9.17) is 11.2 Å². The van der Waals surface area contributed by atoms with E-state index >= 15 is 0 Å². The van der Waals surface area contributed by atoms with Gasteiger partial charge in [-0.1, -0.05) is 36.3 Å². The van der Waals surface area contributed by atoms with Crippen LogP contribution >= 0.6 is 0 Å². The quantitative estimate of drug-likeness (QED) is 0.509. The summed E-state index contributed by atoms with van der Waals surface area (Å²) < 4.78 is 5.06. The number of phenols is 2. The van der Waals surface area contributed by atoms with Crippen LogP contribution in [0.5, 0.6) is 11.5 Å². The summed E-state index contributed by atoms with van der Waals surface area (Å²) in [5.74, 6) is 0.889. The van der Waals surface area contributed by atoms with E-state index < -0.39 is 5.97 Å². The average Bonchev–Trinajstić information content (AvgIpc) is 2.47. The molecule has 0 atom stereocenters. The van der Waals surface area contributed by atoms with E-state index in [1.54, 1.807) is 0 Å². The maximum Gasteiger partial charge on any atom is 0.342 e. The van der Waals surface area contributed by atoms with Gasteiger partial charge in [-0.2, -0.15) is 0 Å². The van der Waals surface area contributed by atoms with E-state index in [-0.39, 0.29) is 29.2 Å². The first-order valence-corrected chi connectivity index (χ1v) is 5.85. The van der Waals surface area contributed by atoms with Gasteiger partial charge in [-0.3, -0.25) is 0 Å². The number of phenolic OH excluding ortho intramolecular Hbond substituents is 2. The number of benzene rings is 2. The number of terminal acetylenes is 1. The number of aromatic hydroxyl groups is 2. The number of carbonyl (C=O) groups excluding carboxylic acids is 1. The van der Waals surface area contributed by atoms with Crippen LogP contribution in [0.25, 0.3) is 0 Å². The molecule has 0 heterocycles. The van der Waals surface area contributed by atoms with Gasteiger partial charge in [-0.25, -0.2) is 4.79 Å². The molecule has 20 heavy (non-hydrogen) atoms. The molecule has 0 aliphatic carbocycles. The Morgan fingerprint density at radius 1 is 1.15 bits per heavy atom. The van der Waals surface area contributed by atoms with Crippen LogP contribution in [-0.2, 0) is 11.3 Å². The minimum atomic E-state index is -0.731. The molecule has 0 radical (unpaired) electrons. The van der Waals surface area contributed by atoms with Crippen LogP contribution < -0.4 is 0 Å². The summed E-state index contributed by atoms with van der Waals surface area (Å²) in [6.45, 7) is 0.0801. The first-order chi connectivity index (χ1) is 9.61. The largest absolute Gasteiger partial charge is 0.507 e. The van der Waals surface area contributed by atoms with Crippen LogP contribution in [0.2, 0.25) is 0 Å². The highest BCUT2D eigenvalue weighted by atomic mass is 16.5. The van der Waals surface area contributed by atoms with Crippen LogP contribution in [0.3, 0.4) is 0 Å². The lowest BCUT2D eigenvalue weighted by Crippen LogP contribution is -2.05. The molecular formula is C16H12O4. The highest BCUT2D eigenvalue weighted by Gasteiger charge is 2.16. The molecule has 100 valence electrons. The Morgan fingerprint density at radius 3 is 2.50 bits per heavy atom. The van der Waals surface area contributed by atoms with E-state index in [0.29, 0.717) is 0 Å². The molecule has 0 spiro atoms. The van der Waals surface area contributed by atoms with Crippen molar-refractivity contribution in [3.05, 3.63) is 59.2 Å². The number of carbonyl (C=O) groups is 1. The summed E-state index contributed by atoms with van der Waals surface area (Å²) >= 11 is 0. The Morgan fingerprint density at radius 2 is 1.85 bits per heavy atom. The minimum absolute atomic E-state index is 0.0801. The Bertz CT molecular complexity index is 669. The number of hydrogen-bond donors (Lipinski definition) is 2. The highest BCUT2D eigenvalue weighted by molar-refractivity contribution is 5.93. The Labute approximate surface area is 116 Å². The van der Waals surface area contributed by atoms with Crippen LogP contribution in [0.4, 0.5) is 0 Å². The molecule has 0 aliphatic rings. The summed E-state index contributed by atoms with van der Waals surface area (Å²) in [5, 5.41) is 19.3. The molecular weight excluding hydrogens is 256 g/mol. The van der Waals surface area contributed by atoms with Gasteiger partial charge in [0.25, 0.3) is 0 Å². The van der Waals surface area contributed by atoms with Gasteiger partial charge in [0.15, 0.2) is 0 Å². The normalized spacial score (nSPS) is 9.75. The van der Waals surface area contributed by atoms with Gasteiger partial charge in [-0.05, 0) is 11.6 Å². The lowest BCUT2D eigenvalue weighted by atomic mass is 10.1. The predicted molar refractivity (Wildman–Crippen MR) is 73.3 cm³/mol. The van der Waals surface area contributed by atoms with Crippen molar-refractivity contribution < 1.29 is 19.7 Å². The minimum Gasteiger partial charge on any atom is -0.507 e. The maximum atomic E-state index is 11.8. The van der Waals surface area contributed by atoms with Crippen molar-refractivity contribution in [3.63, 3.8) is 0 Å². The van der Waals surface area contributed by atoms with Crippen molar-refractivity contribution in [1.29, 1.82) is 0 Å². The first kappa shape index (κ1) is 13.5. The van der Waals surface area contributed by atoms with Crippen molar-refractivity contribution in [2.45, 2.75) is 6.61 Å². The second-order valence-corrected chi connectivity index (χ2v) is 4.09. The third-order valence-corrected chi connectivity index (χ3v) is 2.70. The SMILES string of the molecule is C#Cc1cc(O)c(C(=O)OCc2ccccc2)cc1O. The van der Waals surface area contributed by atoms with E-state index in [1.807, 2.05) is 30.3 Å². The Hall–Kier alpha value is -2.93. The van der Waals surface area contributed by atoms with Gasteiger partial charge in [0, 0.05) is 6.07 Å². The monoisotopic (exact) mass is 268 g/mol. The molecule has 0 amide bonds. The summed E-state index contributed by atoms with van der Waals surface area (Å²) in [4.78, 5) is 11.8. The highest BCUT2D eigenvalue weighted by Crippen LogP contribution is 2.27. The second-order valence-electron chi connectivity index (χ2n) is 4.09. The molecule has 2 aromatic rings. The van der Waals surface area contributed by atoms with E-state index in [2.05, 4.69) is 5.92 Å². The van der Waals surface area contributed by atoms with Gasteiger partial charge >= 0.3 is 5.97 Å². The van der Waals surface area contributed by atoms with Crippen molar-refractivity contribution in [1.82, 2.24) is 0 Å². The average molecular weight is 268 g/mol. The molecule has 4 nitrogen and oxygen atoms in total. The van der Waals surface area contributed by atoms with Crippen molar-refractivity contribution in [2.75, 3.05) is 0 Å². The molecule has 4 heteroatoms. The molecule has 0 saturated heterocycles. The van der Waals surface area contributed by atoms with Gasteiger partial charge in [-0.15, -0.1) is 6.42 Å². The van der Waals surface area contributed by atoms with Crippen molar-refractivity contribution in [3.8, 4) is 23.8 Å². The van der Waals surface area contributed by atoms with Gasteiger partial charge in [0.2, 0.25) is 0 Å². The summed E-state index contributed by atoms with van der Waals surface area (Å²) in [7, 11) is 0. The number of esters is 1. The molecule has 0 unspecified atom stereocenters. The van der Waals surface area contributed by atoms with E-state index in [0.717, 1.165) is 17.7 Å². The van der Waals surface area contributed by atoms with Gasteiger partial charge in [0.05, 0.1) is 5.56 Å². The summed E-state index contributed by atoms with van der Waals surface area (Å²) in [6.07, 6.45) is 5.14. The molecule has 2 N–H and O–H groups in total. The van der Waals surface area contributed by atoms with Crippen LogP contribution in [0.15, 0.2) is 42.5 Å². The van der Waals surface area contributed by atoms with Crippen LogP contribution in [-0.4, -0.2) is 16.2 Å². The smallest absolute Gasteiger partial charge is 0.342 e. The topological polar surface area (TPSA) is 66.8 Å². The maximum absolute atomic E-state index is 11.8. The zero-order valence-electron chi connectivity index (χ0n) is 10.5. The second kappa shape index (κ2) is 5.81. The van der Waals surface area contributed by atoms with E-state index in [9.17, 15) is 15.0 Å². The van der Waals surface area contributed by atoms with Gasteiger partial charge in [0.1, 0.15) is 23.7 Å². The predicted octanol–water partition coefficient (Wildman–Crippen LogP) is 2.44.